The van der Waals surface area contributed by atoms with Gasteiger partial charge in [0.2, 0.25) is 5.91 Å². The third-order valence-corrected chi connectivity index (χ3v) is 6.88. The first-order valence-electron chi connectivity index (χ1n) is 7.15. The number of rotatable bonds is 2. The second kappa shape index (κ2) is 6.20. The summed E-state index contributed by atoms with van der Waals surface area (Å²) in [5, 5.41) is 0.0797. The van der Waals surface area contributed by atoms with Crippen LogP contribution in [0.5, 0.6) is 5.75 Å². The van der Waals surface area contributed by atoms with Crippen LogP contribution in [0.2, 0.25) is 0 Å². The molecule has 0 saturated carbocycles. The largest absolute Gasteiger partial charge is 0.573 e. The van der Waals surface area contributed by atoms with Crippen LogP contribution in [-0.4, -0.2) is 48.7 Å². The van der Waals surface area contributed by atoms with Crippen molar-refractivity contribution >= 4 is 38.4 Å². The maximum Gasteiger partial charge on any atom is 0.573 e. The highest BCUT2D eigenvalue weighted by Crippen LogP contribution is 2.41. The number of amidine groups is 1. The second-order valence-electron chi connectivity index (χ2n) is 5.63. The monoisotopic (exact) mass is 394 g/mol. The molecule has 0 bridgehead atoms. The smallest absolute Gasteiger partial charge is 0.406 e. The third kappa shape index (κ3) is 4.09. The molecule has 0 N–H and O–H groups in total. The standard InChI is InChI=1S/C14H13F3N2O4S2/c1-8(20)18-13-19(11-6-25(21,22)7-12(11)24-13)9-2-4-10(5-3-9)23-14(15,16)17/h2-5,11-12H,6-7H2,1H3/t11-,12-/m1/s1. The quantitative estimate of drug-likeness (QED) is 0.766. The van der Waals surface area contributed by atoms with Gasteiger partial charge in [0.25, 0.3) is 0 Å². The minimum absolute atomic E-state index is 0.0228. The number of nitrogens with zero attached hydrogens (tertiary/aromatic N) is 2. The van der Waals surface area contributed by atoms with E-state index in [1.807, 2.05) is 0 Å². The van der Waals surface area contributed by atoms with Crippen LogP contribution in [0.25, 0.3) is 0 Å². The number of thioether (sulfide) groups is 1. The van der Waals surface area contributed by atoms with E-state index >= 15 is 0 Å². The van der Waals surface area contributed by atoms with Gasteiger partial charge in [0.05, 0.1) is 17.5 Å². The van der Waals surface area contributed by atoms with Crippen LogP contribution >= 0.6 is 11.8 Å². The minimum atomic E-state index is -4.79. The molecule has 2 saturated heterocycles. The Morgan fingerprint density at radius 2 is 1.92 bits per heavy atom. The first-order valence-corrected chi connectivity index (χ1v) is 9.85. The molecule has 2 aliphatic heterocycles. The van der Waals surface area contributed by atoms with Gasteiger partial charge < -0.3 is 9.64 Å². The number of hydrogen-bond acceptors (Lipinski definition) is 5. The molecule has 0 aromatic heterocycles. The fourth-order valence-corrected chi connectivity index (χ4v) is 6.77. The topological polar surface area (TPSA) is 76.0 Å². The van der Waals surface area contributed by atoms with Crippen molar-refractivity contribution in [1.82, 2.24) is 0 Å². The average Bonchev–Trinajstić information content (AvgIpc) is 2.88. The van der Waals surface area contributed by atoms with Gasteiger partial charge in [-0.05, 0) is 24.3 Å². The molecule has 2 atom stereocenters. The minimum Gasteiger partial charge on any atom is -0.406 e. The van der Waals surface area contributed by atoms with E-state index in [9.17, 15) is 26.4 Å². The fourth-order valence-electron chi connectivity index (χ4n) is 2.81. The number of alkyl halides is 3. The van der Waals surface area contributed by atoms with Crippen molar-refractivity contribution in [2.45, 2.75) is 24.6 Å². The summed E-state index contributed by atoms with van der Waals surface area (Å²) in [5.74, 6) is -0.941. The lowest BCUT2D eigenvalue weighted by atomic mass is 10.2. The Bertz CT molecular complexity index is 821. The van der Waals surface area contributed by atoms with Crippen molar-refractivity contribution in [1.29, 1.82) is 0 Å². The number of aliphatic imine (C=N–C) groups is 1. The SMILES string of the molecule is CC(=O)N=C1S[C@@H]2CS(=O)(=O)C[C@H]2N1c1ccc(OC(F)(F)F)cc1. The molecule has 0 radical (unpaired) electrons. The molecule has 1 aromatic rings. The van der Waals surface area contributed by atoms with Gasteiger partial charge in [0.1, 0.15) is 5.75 Å². The van der Waals surface area contributed by atoms with E-state index in [4.69, 9.17) is 0 Å². The van der Waals surface area contributed by atoms with E-state index in [2.05, 4.69) is 9.73 Å². The number of carbonyl (C=O) groups is 1. The molecule has 0 unspecified atom stereocenters. The molecule has 11 heteroatoms. The third-order valence-electron chi connectivity index (χ3n) is 3.67. The van der Waals surface area contributed by atoms with Gasteiger partial charge in [0, 0.05) is 17.9 Å². The van der Waals surface area contributed by atoms with E-state index in [1.54, 1.807) is 4.90 Å². The van der Waals surface area contributed by atoms with Gasteiger partial charge >= 0.3 is 6.36 Å². The molecule has 0 spiro atoms. The van der Waals surface area contributed by atoms with Gasteiger partial charge in [-0.3, -0.25) is 4.79 Å². The van der Waals surface area contributed by atoms with Crippen molar-refractivity contribution in [2.75, 3.05) is 16.4 Å². The zero-order valence-corrected chi connectivity index (χ0v) is 14.5. The summed E-state index contributed by atoms with van der Waals surface area (Å²) in [4.78, 5) is 16.8. The van der Waals surface area contributed by atoms with E-state index < -0.39 is 28.1 Å². The van der Waals surface area contributed by atoms with Crippen LogP contribution in [0.4, 0.5) is 18.9 Å². The Morgan fingerprint density at radius 3 is 2.48 bits per heavy atom. The molecular formula is C14H13F3N2O4S2. The first-order chi connectivity index (χ1) is 11.5. The Morgan fingerprint density at radius 1 is 1.28 bits per heavy atom. The molecule has 2 fully saturated rings. The zero-order valence-electron chi connectivity index (χ0n) is 12.9. The average molecular weight is 394 g/mol. The molecule has 25 heavy (non-hydrogen) atoms. The summed E-state index contributed by atoms with van der Waals surface area (Å²) in [6.45, 7) is 1.27. The zero-order chi connectivity index (χ0) is 18.4. The maximum atomic E-state index is 12.3. The van der Waals surface area contributed by atoms with E-state index in [0.29, 0.717) is 10.9 Å². The van der Waals surface area contributed by atoms with Crippen LogP contribution in [0.15, 0.2) is 29.3 Å². The Balaban J connectivity index is 1.92. The molecule has 6 nitrogen and oxygen atoms in total. The summed E-state index contributed by atoms with van der Waals surface area (Å²) >= 11 is 1.19. The van der Waals surface area contributed by atoms with E-state index in [0.717, 1.165) is 12.1 Å². The number of sulfone groups is 1. The van der Waals surface area contributed by atoms with Crippen LogP contribution in [0.3, 0.4) is 0 Å². The maximum absolute atomic E-state index is 12.3. The van der Waals surface area contributed by atoms with Crippen molar-refractivity contribution in [3.8, 4) is 5.75 Å². The van der Waals surface area contributed by atoms with Crippen LogP contribution in [-0.2, 0) is 14.6 Å². The molecule has 2 heterocycles. The van der Waals surface area contributed by atoms with Gasteiger partial charge in [-0.25, -0.2) is 8.42 Å². The van der Waals surface area contributed by atoms with Crippen LogP contribution in [0.1, 0.15) is 6.92 Å². The summed E-state index contributed by atoms with van der Waals surface area (Å²) in [5.41, 5.74) is 0.451. The van der Waals surface area contributed by atoms with Gasteiger partial charge in [-0.15, -0.1) is 13.2 Å². The van der Waals surface area contributed by atoms with Crippen molar-refractivity contribution in [3.05, 3.63) is 24.3 Å². The Kier molecular flexibility index (Phi) is 4.48. The van der Waals surface area contributed by atoms with E-state index in [1.165, 1.54) is 30.8 Å². The van der Waals surface area contributed by atoms with Gasteiger partial charge in [-0.1, -0.05) is 11.8 Å². The Hall–Kier alpha value is -1.75. The fraction of sp³-hybridized carbons (Fsp3) is 0.429. The lowest BCUT2D eigenvalue weighted by Crippen LogP contribution is -2.37. The van der Waals surface area contributed by atoms with Gasteiger partial charge in [0.15, 0.2) is 15.0 Å². The first kappa shape index (κ1) is 18.1. The molecule has 1 aromatic carbocycles. The number of amides is 1. The lowest BCUT2D eigenvalue weighted by Gasteiger charge is -2.24. The number of anilines is 1. The molecule has 2 aliphatic rings. The number of carbonyl (C=O) groups excluding carboxylic acids is 1. The van der Waals surface area contributed by atoms with Crippen molar-refractivity contribution in [2.24, 2.45) is 4.99 Å². The van der Waals surface area contributed by atoms with Gasteiger partial charge in [-0.2, -0.15) is 4.99 Å². The van der Waals surface area contributed by atoms with Crippen LogP contribution < -0.4 is 9.64 Å². The summed E-state index contributed by atoms with van der Waals surface area (Å²) < 4.78 is 64.3. The van der Waals surface area contributed by atoms with Crippen molar-refractivity contribution < 1.29 is 31.1 Å². The number of fused-ring (bicyclic) bond motifs is 1. The number of halogens is 3. The summed E-state index contributed by atoms with van der Waals surface area (Å²) in [7, 11) is -3.21. The number of ether oxygens (including phenoxy) is 1. The highest BCUT2D eigenvalue weighted by atomic mass is 32.2. The Labute approximate surface area is 146 Å². The summed E-state index contributed by atoms with van der Waals surface area (Å²) in [6.07, 6.45) is -4.79. The van der Waals surface area contributed by atoms with Crippen molar-refractivity contribution in [3.63, 3.8) is 0 Å². The van der Waals surface area contributed by atoms with E-state index in [-0.39, 0.29) is 22.5 Å². The summed E-state index contributed by atoms with van der Waals surface area (Å²) in [6, 6.07) is 4.61. The normalized spacial score (nSPS) is 26.7. The lowest BCUT2D eigenvalue weighted by molar-refractivity contribution is -0.274. The highest BCUT2D eigenvalue weighted by molar-refractivity contribution is 8.16. The molecule has 0 aliphatic carbocycles. The predicted molar refractivity (Wildman–Crippen MR) is 87.5 cm³/mol. The predicted octanol–water partition coefficient (Wildman–Crippen LogP) is 2.21. The molecular weight excluding hydrogens is 381 g/mol. The molecule has 136 valence electrons. The highest BCUT2D eigenvalue weighted by Gasteiger charge is 2.49. The number of hydrogen-bond donors (Lipinski definition) is 0. The van der Waals surface area contributed by atoms with Crippen LogP contribution in [0, 0.1) is 0 Å². The second-order valence-corrected chi connectivity index (χ2v) is 8.99. The molecule has 1 amide bonds. The number of benzene rings is 1. The molecule has 3 rings (SSSR count).